The summed E-state index contributed by atoms with van der Waals surface area (Å²) in [6.45, 7) is 2.52. The number of aryl methyl sites for hydroxylation is 1. The number of benzene rings is 2. The van der Waals surface area contributed by atoms with E-state index in [2.05, 4.69) is 0 Å². The highest BCUT2D eigenvalue weighted by atomic mass is 35.5. The minimum atomic E-state index is -0.0727. The molecule has 2 aromatic rings. The fourth-order valence-corrected chi connectivity index (χ4v) is 2.17. The summed E-state index contributed by atoms with van der Waals surface area (Å²) >= 11 is 5.94. The van der Waals surface area contributed by atoms with Gasteiger partial charge in [0.05, 0.1) is 0 Å². The van der Waals surface area contributed by atoms with E-state index in [1.165, 1.54) is 0 Å². The van der Waals surface area contributed by atoms with E-state index in [4.69, 9.17) is 16.3 Å². The third-order valence-corrected chi connectivity index (χ3v) is 3.32. The van der Waals surface area contributed by atoms with Crippen molar-refractivity contribution in [3.8, 4) is 5.75 Å². The number of ether oxygens (including phenoxy) is 1. The largest absolute Gasteiger partial charge is 0.484 e. The molecule has 0 fully saturated rings. The van der Waals surface area contributed by atoms with Crippen LogP contribution in [-0.2, 0) is 11.3 Å². The predicted octanol–water partition coefficient (Wildman–Crippen LogP) is 3.69. The van der Waals surface area contributed by atoms with Crippen LogP contribution in [0.15, 0.2) is 48.5 Å². The number of nitrogens with zero attached hydrogens (tertiary/aromatic N) is 1. The molecule has 0 aliphatic carbocycles. The van der Waals surface area contributed by atoms with Gasteiger partial charge in [0.15, 0.2) is 6.61 Å². The Hall–Kier alpha value is -2.00. The van der Waals surface area contributed by atoms with Crippen molar-refractivity contribution in [1.82, 2.24) is 4.90 Å². The monoisotopic (exact) mass is 303 g/mol. The summed E-state index contributed by atoms with van der Waals surface area (Å²) in [5.74, 6) is 0.635. The highest BCUT2D eigenvalue weighted by Gasteiger charge is 2.10. The lowest BCUT2D eigenvalue weighted by molar-refractivity contribution is -0.132. The molecule has 4 heteroatoms. The number of amides is 1. The van der Waals surface area contributed by atoms with Crippen LogP contribution in [0.25, 0.3) is 0 Å². The van der Waals surface area contributed by atoms with Gasteiger partial charge >= 0.3 is 0 Å². The van der Waals surface area contributed by atoms with Crippen molar-refractivity contribution in [2.75, 3.05) is 13.7 Å². The molecule has 0 saturated carbocycles. The van der Waals surface area contributed by atoms with Gasteiger partial charge in [-0.2, -0.15) is 0 Å². The van der Waals surface area contributed by atoms with Crippen LogP contribution in [0.5, 0.6) is 5.75 Å². The van der Waals surface area contributed by atoms with Gasteiger partial charge in [-0.05, 0) is 42.3 Å². The van der Waals surface area contributed by atoms with E-state index < -0.39 is 0 Å². The van der Waals surface area contributed by atoms with Crippen molar-refractivity contribution in [2.45, 2.75) is 13.5 Å². The van der Waals surface area contributed by atoms with Gasteiger partial charge in [0.1, 0.15) is 5.75 Å². The second-order valence-electron chi connectivity index (χ2n) is 4.98. The SMILES string of the molecule is Cc1cccc(OCC(=O)N(C)Cc2cccc(Cl)c2)c1. The zero-order valence-corrected chi connectivity index (χ0v) is 12.9. The van der Waals surface area contributed by atoms with Crippen LogP contribution in [0, 0.1) is 6.92 Å². The zero-order chi connectivity index (χ0) is 15.2. The van der Waals surface area contributed by atoms with Gasteiger partial charge in [-0.1, -0.05) is 35.9 Å². The molecule has 2 rings (SSSR count). The molecule has 0 spiro atoms. The first-order valence-electron chi connectivity index (χ1n) is 6.72. The quantitative estimate of drug-likeness (QED) is 0.843. The normalized spacial score (nSPS) is 10.2. The highest BCUT2D eigenvalue weighted by Crippen LogP contribution is 2.14. The molecule has 21 heavy (non-hydrogen) atoms. The number of rotatable bonds is 5. The maximum atomic E-state index is 12.1. The topological polar surface area (TPSA) is 29.5 Å². The van der Waals surface area contributed by atoms with E-state index in [-0.39, 0.29) is 12.5 Å². The predicted molar refractivity (Wildman–Crippen MR) is 84.6 cm³/mol. The standard InChI is InChI=1S/C17H18ClNO2/c1-13-5-3-8-16(9-13)21-12-17(20)19(2)11-14-6-4-7-15(18)10-14/h3-10H,11-12H2,1-2H3. The summed E-state index contributed by atoms with van der Waals surface area (Å²) < 4.78 is 5.51. The highest BCUT2D eigenvalue weighted by molar-refractivity contribution is 6.30. The summed E-state index contributed by atoms with van der Waals surface area (Å²) in [6.07, 6.45) is 0. The third-order valence-electron chi connectivity index (χ3n) is 3.09. The number of carbonyl (C=O) groups is 1. The first-order chi connectivity index (χ1) is 10.0. The third kappa shape index (κ3) is 4.80. The van der Waals surface area contributed by atoms with Gasteiger partial charge in [0.25, 0.3) is 5.91 Å². The molecule has 0 bridgehead atoms. The second kappa shape index (κ2) is 7.14. The second-order valence-corrected chi connectivity index (χ2v) is 5.42. The molecule has 0 aliphatic heterocycles. The molecule has 0 unspecified atom stereocenters. The Labute approximate surface area is 130 Å². The molecule has 0 aromatic heterocycles. The lowest BCUT2D eigenvalue weighted by Crippen LogP contribution is -2.30. The van der Waals surface area contributed by atoms with Crippen LogP contribution < -0.4 is 4.74 Å². The Balaban J connectivity index is 1.88. The van der Waals surface area contributed by atoms with E-state index in [1.54, 1.807) is 11.9 Å². The minimum Gasteiger partial charge on any atom is -0.484 e. The molecular formula is C17H18ClNO2. The Kier molecular flexibility index (Phi) is 5.23. The summed E-state index contributed by atoms with van der Waals surface area (Å²) in [6, 6.07) is 15.1. The fourth-order valence-electron chi connectivity index (χ4n) is 1.96. The summed E-state index contributed by atoms with van der Waals surface area (Å²) in [7, 11) is 1.75. The first-order valence-corrected chi connectivity index (χ1v) is 7.10. The van der Waals surface area contributed by atoms with Crippen molar-refractivity contribution in [1.29, 1.82) is 0 Å². The van der Waals surface area contributed by atoms with Gasteiger partial charge in [0, 0.05) is 18.6 Å². The van der Waals surface area contributed by atoms with Gasteiger partial charge in [-0.25, -0.2) is 0 Å². The van der Waals surface area contributed by atoms with Crippen LogP contribution in [-0.4, -0.2) is 24.5 Å². The van der Waals surface area contributed by atoms with Gasteiger partial charge in [-0.15, -0.1) is 0 Å². The van der Waals surface area contributed by atoms with E-state index in [9.17, 15) is 4.79 Å². The van der Waals surface area contributed by atoms with Crippen LogP contribution in [0.1, 0.15) is 11.1 Å². The fraction of sp³-hybridized carbons (Fsp3) is 0.235. The molecule has 0 radical (unpaired) electrons. The molecule has 0 N–H and O–H groups in total. The lowest BCUT2D eigenvalue weighted by atomic mass is 10.2. The van der Waals surface area contributed by atoms with E-state index in [0.717, 1.165) is 11.1 Å². The average molecular weight is 304 g/mol. The van der Waals surface area contributed by atoms with Gasteiger partial charge in [0.2, 0.25) is 0 Å². The zero-order valence-electron chi connectivity index (χ0n) is 12.2. The van der Waals surface area contributed by atoms with E-state index in [1.807, 2.05) is 55.5 Å². The first kappa shape index (κ1) is 15.4. The Morgan fingerprint density at radius 2 is 1.95 bits per heavy atom. The van der Waals surface area contributed by atoms with Gasteiger partial charge in [-0.3, -0.25) is 4.79 Å². The molecule has 0 atom stereocenters. The van der Waals surface area contributed by atoms with Crippen molar-refractivity contribution < 1.29 is 9.53 Å². The minimum absolute atomic E-state index is 0.0283. The maximum Gasteiger partial charge on any atom is 0.260 e. The Morgan fingerprint density at radius 3 is 2.67 bits per heavy atom. The van der Waals surface area contributed by atoms with Gasteiger partial charge < -0.3 is 9.64 Å². The van der Waals surface area contributed by atoms with Crippen LogP contribution in [0.4, 0.5) is 0 Å². The molecule has 3 nitrogen and oxygen atoms in total. The van der Waals surface area contributed by atoms with Crippen molar-refractivity contribution in [3.05, 3.63) is 64.7 Å². The lowest BCUT2D eigenvalue weighted by Gasteiger charge is -2.17. The smallest absolute Gasteiger partial charge is 0.260 e. The number of hydrogen-bond donors (Lipinski definition) is 0. The summed E-state index contributed by atoms with van der Waals surface area (Å²) in [5, 5.41) is 0.671. The molecular weight excluding hydrogens is 286 g/mol. The van der Waals surface area contributed by atoms with Crippen molar-refractivity contribution in [3.63, 3.8) is 0 Å². The Bertz CT molecular complexity index is 628. The molecule has 0 saturated heterocycles. The van der Waals surface area contributed by atoms with Crippen LogP contribution in [0.2, 0.25) is 5.02 Å². The number of hydrogen-bond acceptors (Lipinski definition) is 2. The van der Waals surface area contributed by atoms with Crippen LogP contribution >= 0.6 is 11.6 Å². The van der Waals surface area contributed by atoms with E-state index >= 15 is 0 Å². The van der Waals surface area contributed by atoms with Crippen molar-refractivity contribution >= 4 is 17.5 Å². The number of carbonyl (C=O) groups excluding carboxylic acids is 1. The molecule has 0 heterocycles. The summed E-state index contributed by atoms with van der Waals surface area (Å²) in [4.78, 5) is 13.7. The molecule has 0 aliphatic rings. The molecule has 2 aromatic carbocycles. The van der Waals surface area contributed by atoms with Crippen molar-refractivity contribution in [2.24, 2.45) is 0 Å². The average Bonchev–Trinajstić information content (AvgIpc) is 2.45. The van der Waals surface area contributed by atoms with Crippen LogP contribution in [0.3, 0.4) is 0 Å². The van der Waals surface area contributed by atoms with E-state index in [0.29, 0.717) is 17.3 Å². The molecule has 1 amide bonds. The molecule has 110 valence electrons. The maximum absolute atomic E-state index is 12.1. The number of likely N-dealkylation sites (N-methyl/N-ethyl adjacent to an activating group) is 1. The summed E-state index contributed by atoms with van der Waals surface area (Å²) in [5.41, 5.74) is 2.10. The number of halogens is 1. The Morgan fingerprint density at radius 1 is 1.19 bits per heavy atom.